The van der Waals surface area contributed by atoms with Gasteiger partial charge in [0.25, 0.3) is 0 Å². The number of allylic oxidation sites excluding steroid dienone is 2. The van der Waals surface area contributed by atoms with Crippen LogP contribution in [0.2, 0.25) is 0 Å². The third kappa shape index (κ3) is 2.27. The summed E-state index contributed by atoms with van der Waals surface area (Å²) in [6.07, 6.45) is -0.0219. The van der Waals surface area contributed by atoms with Gasteiger partial charge in [0.05, 0.1) is 23.6 Å². The Morgan fingerprint density at radius 2 is 1.56 bits per heavy atom. The van der Waals surface area contributed by atoms with Gasteiger partial charge in [-0.1, -0.05) is 36.4 Å². The molecule has 4 rings (SSSR count). The van der Waals surface area contributed by atoms with Crippen molar-refractivity contribution in [3.63, 3.8) is 0 Å². The number of ether oxygens (including phenoxy) is 1. The number of nitriles is 1. The monoisotopic (exact) mass is 329 g/mol. The van der Waals surface area contributed by atoms with Crippen LogP contribution in [0.25, 0.3) is 0 Å². The summed E-state index contributed by atoms with van der Waals surface area (Å²) < 4.78 is 5.14. The molecular weight excluding hydrogens is 318 g/mol. The zero-order chi connectivity index (χ0) is 17.6. The molecule has 0 radical (unpaired) electrons. The second-order valence-electron chi connectivity index (χ2n) is 5.91. The third-order valence-electron chi connectivity index (χ3n) is 4.49. The van der Waals surface area contributed by atoms with Gasteiger partial charge in [-0.05, 0) is 17.7 Å². The van der Waals surface area contributed by atoms with Crippen LogP contribution < -0.4 is 0 Å². The fraction of sp³-hybridized carbons (Fsp3) is 0.100. The van der Waals surface area contributed by atoms with Crippen molar-refractivity contribution in [2.75, 3.05) is 0 Å². The largest absolute Gasteiger partial charge is 0.422 e. The summed E-state index contributed by atoms with van der Waals surface area (Å²) >= 11 is 0. The van der Waals surface area contributed by atoms with E-state index in [1.807, 2.05) is 6.07 Å². The lowest BCUT2D eigenvalue weighted by atomic mass is 9.77. The van der Waals surface area contributed by atoms with Crippen LogP contribution in [-0.4, -0.2) is 17.5 Å². The van der Waals surface area contributed by atoms with Crippen LogP contribution in [0.1, 0.15) is 44.2 Å². The summed E-state index contributed by atoms with van der Waals surface area (Å²) in [7, 11) is 0. The molecule has 2 aliphatic rings. The SMILES string of the molecule is N#Cc1ccc([C@H]2CC(=O)OC3=C2C(=O)c2ccccc2C3=O)cc1. The molecule has 5 nitrogen and oxygen atoms in total. The molecule has 0 spiro atoms. The first-order valence-electron chi connectivity index (χ1n) is 7.73. The third-order valence-corrected chi connectivity index (χ3v) is 4.49. The number of rotatable bonds is 1. The number of benzene rings is 2. The smallest absolute Gasteiger partial charge is 0.312 e. The van der Waals surface area contributed by atoms with Gasteiger partial charge in [-0.2, -0.15) is 5.26 Å². The number of ketones is 2. The molecule has 0 unspecified atom stereocenters. The van der Waals surface area contributed by atoms with Crippen molar-refractivity contribution < 1.29 is 19.1 Å². The number of fused-ring (bicyclic) bond motifs is 1. The van der Waals surface area contributed by atoms with E-state index in [2.05, 4.69) is 0 Å². The van der Waals surface area contributed by atoms with E-state index in [1.54, 1.807) is 48.5 Å². The highest BCUT2D eigenvalue weighted by Gasteiger charge is 2.42. The minimum absolute atomic E-state index is 0.0219. The quantitative estimate of drug-likeness (QED) is 0.751. The van der Waals surface area contributed by atoms with E-state index >= 15 is 0 Å². The first-order chi connectivity index (χ1) is 12.1. The van der Waals surface area contributed by atoms with Crippen molar-refractivity contribution in [2.24, 2.45) is 0 Å². The number of hydrogen-bond donors (Lipinski definition) is 0. The van der Waals surface area contributed by atoms with Crippen molar-refractivity contribution in [3.05, 3.63) is 82.1 Å². The molecule has 25 heavy (non-hydrogen) atoms. The minimum Gasteiger partial charge on any atom is -0.422 e. The van der Waals surface area contributed by atoms with Gasteiger partial charge in [-0.3, -0.25) is 14.4 Å². The lowest BCUT2D eigenvalue weighted by Gasteiger charge is -2.29. The Balaban J connectivity index is 1.88. The number of hydrogen-bond acceptors (Lipinski definition) is 5. The van der Waals surface area contributed by atoms with E-state index in [0.29, 0.717) is 16.7 Å². The maximum Gasteiger partial charge on any atom is 0.312 e. The Labute approximate surface area is 143 Å². The van der Waals surface area contributed by atoms with E-state index < -0.39 is 17.7 Å². The summed E-state index contributed by atoms with van der Waals surface area (Å²) in [5.74, 6) is -2.03. The molecule has 1 aliphatic carbocycles. The fourth-order valence-electron chi connectivity index (χ4n) is 3.29. The van der Waals surface area contributed by atoms with Crippen molar-refractivity contribution in [2.45, 2.75) is 12.3 Å². The Bertz CT molecular complexity index is 1010. The first-order valence-corrected chi connectivity index (χ1v) is 7.73. The Morgan fingerprint density at radius 3 is 2.20 bits per heavy atom. The van der Waals surface area contributed by atoms with Crippen LogP contribution >= 0.6 is 0 Å². The predicted molar refractivity (Wildman–Crippen MR) is 86.7 cm³/mol. The number of carbonyl (C=O) groups is 3. The van der Waals surface area contributed by atoms with Crippen LogP contribution in [0, 0.1) is 11.3 Å². The molecule has 0 saturated heterocycles. The highest BCUT2D eigenvalue weighted by Crippen LogP contribution is 2.41. The number of Topliss-reactive ketones (excluding diaryl/α,β-unsaturated/α-hetero) is 2. The second-order valence-corrected chi connectivity index (χ2v) is 5.91. The van der Waals surface area contributed by atoms with E-state index in [0.717, 1.165) is 0 Å². The van der Waals surface area contributed by atoms with E-state index in [9.17, 15) is 14.4 Å². The number of nitrogens with zero attached hydrogens (tertiary/aromatic N) is 1. The van der Waals surface area contributed by atoms with Gasteiger partial charge in [0, 0.05) is 17.0 Å². The van der Waals surface area contributed by atoms with Gasteiger partial charge in [-0.25, -0.2) is 0 Å². The highest BCUT2D eigenvalue weighted by atomic mass is 16.5. The molecule has 1 heterocycles. The molecule has 5 heteroatoms. The summed E-state index contributed by atoms with van der Waals surface area (Å²) in [5.41, 5.74) is 1.96. The molecule has 0 saturated carbocycles. The maximum absolute atomic E-state index is 13.0. The normalized spacial score (nSPS) is 19.0. The molecule has 1 atom stereocenters. The zero-order valence-electron chi connectivity index (χ0n) is 13.0. The number of esters is 1. The van der Waals surface area contributed by atoms with Crippen LogP contribution in [0.5, 0.6) is 0 Å². The average Bonchev–Trinajstić information content (AvgIpc) is 2.65. The Morgan fingerprint density at radius 1 is 0.920 bits per heavy atom. The van der Waals surface area contributed by atoms with Crippen molar-refractivity contribution in [1.82, 2.24) is 0 Å². The maximum atomic E-state index is 13.0. The second kappa shape index (κ2) is 5.53. The molecule has 0 bridgehead atoms. The van der Waals surface area contributed by atoms with Gasteiger partial charge in [-0.15, -0.1) is 0 Å². The minimum atomic E-state index is -0.561. The summed E-state index contributed by atoms with van der Waals surface area (Å²) in [4.78, 5) is 37.7. The van der Waals surface area contributed by atoms with E-state index in [4.69, 9.17) is 10.00 Å². The number of carbonyl (C=O) groups excluding carboxylic acids is 3. The Hall–Kier alpha value is -3.52. The lowest BCUT2D eigenvalue weighted by Crippen LogP contribution is -2.32. The van der Waals surface area contributed by atoms with Gasteiger partial charge in [0.2, 0.25) is 5.78 Å². The standard InChI is InChI=1S/C20H11NO4/c21-10-11-5-7-12(8-6-11)15-9-16(22)25-20-17(15)18(23)13-3-1-2-4-14(13)19(20)24/h1-8,15H,9H2/t15-/m1/s1. The topological polar surface area (TPSA) is 84.2 Å². The molecule has 0 fully saturated rings. The molecule has 0 amide bonds. The van der Waals surface area contributed by atoms with Gasteiger partial charge < -0.3 is 4.74 Å². The molecule has 2 aromatic rings. The first kappa shape index (κ1) is 15.0. The average molecular weight is 329 g/mol. The fourth-order valence-corrected chi connectivity index (χ4v) is 3.29. The van der Waals surface area contributed by atoms with Crippen LogP contribution in [0.4, 0.5) is 0 Å². The molecular formula is C20H11NO4. The van der Waals surface area contributed by atoms with Crippen molar-refractivity contribution in [1.29, 1.82) is 5.26 Å². The molecule has 1 aliphatic heterocycles. The summed E-state index contributed by atoms with van der Waals surface area (Å²) in [5, 5.41) is 8.92. The van der Waals surface area contributed by atoms with Gasteiger partial charge in [0.15, 0.2) is 11.5 Å². The molecule has 0 aromatic heterocycles. The van der Waals surface area contributed by atoms with Crippen molar-refractivity contribution >= 4 is 17.5 Å². The summed E-state index contributed by atoms with van der Waals surface area (Å²) in [6, 6.07) is 15.2. The highest BCUT2D eigenvalue weighted by molar-refractivity contribution is 6.27. The van der Waals surface area contributed by atoms with Gasteiger partial charge in [0.1, 0.15) is 0 Å². The molecule has 120 valence electrons. The molecule has 2 aromatic carbocycles. The lowest BCUT2D eigenvalue weighted by molar-refractivity contribution is -0.140. The van der Waals surface area contributed by atoms with Gasteiger partial charge >= 0.3 is 5.97 Å². The van der Waals surface area contributed by atoms with Crippen LogP contribution in [-0.2, 0) is 9.53 Å². The molecule has 0 N–H and O–H groups in total. The van der Waals surface area contributed by atoms with E-state index in [-0.39, 0.29) is 29.1 Å². The Kier molecular flexibility index (Phi) is 3.33. The van der Waals surface area contributed by atoms with Crippen LogP contribution in [0.3, 0.4) is 0 Å². The zero-order valence-corrected chi connectivity index (χ0v) is 13.0. The summed E-state index contributed by atoms with van der Waals surface area (Å²) in [6.45, 7) is 0. The van der Waals surface area contributed by atoms with E-state index in [1.165, 1.54) is 0 Å². The van der Waals surface area contributed by atoms with Crippen molar-refractivity contribution in [3.8, 4) is 6.07 Å². The predicted octanol–water partition coefficient (Wildman–Crippen LogP) is 2.92. The van der Waals surface area contributed by atoms with Crippen LogP contribution in [0.15, 0.2) is 59.9 Å².